The Morgan fingerprint density at radius 1 is 1.32 bits per heavy atom. The molecule has 1 aliphatic carbocycles. The van der Waals surface area contributed by atoms with Crippen LogP contribution in [0.4, 0.5) is 11.5 Å². The van der Waals surface area contributed by atoms with Gasteiger partial charge in [0.25, 0.3) is 0 Å². The fourth-order valence-electron chi connectivity index (χ4n) is 2.12. The lowest BCUT2D eigenvalue weighted by atomic mass is 10.3. The van der Waals surface area contributed by atoms with Crippen molar-refractivity contribution in [2.75, 3.05) is 19.1 Å². The minimum atomic E-state index is -0.557. The van der Waals surface area contributed by atoms with Crippen LogP contribution in [0.3, 0.4) is 0 Å². The van der Waals surface area contributed by atoms with Gasteiger partial charge < -0.3 is 9.64 Å². The Balaban J connectivity index is 2.09. The van der Waals surface area contributed by atoms with Gasteiger partial charge in [0.1, 0.15) is 10.8 Å². The van der Waals surface area contributed by atoms with Crippen molar-refractivity contribution in [1.82, 2.24) is 15.0 Å². The number of anilines is 2. The molecule has 3 rings (SSSR count). The second-order valence-corrected chi connectivity index (χ2v) is 5.48. The number of methoxy groups -OCH3 is 1. The molecule has 0 N–H and O–H groups in total. The molecule has 2 aromatic rings. The number of hydrogen-bond donors (Lipinski definition) is 0. The lowest BCUT2D eigenvalue weighted by Gasteiger charge is -2.20. The largest absolute Gasteiger partial charge is 0.464 e. The van der Waals surface area contributed by atoms with E-state index in [1.165, 1.54) is 7.11 Å². The molecule has 0 aromatic carbocycles. The Bertz CT molecular complexity index is 704. The molecule has 0 spiro atoms. The highest BCUT2D eigenvalue weighted by atomic mass is 35.5. The van der Waals surface area contributed by atoms with E-state index in [0.29, 0.717) is 17.6 Å². The number of carbonyl (C=O) groups excluding carboxylic acids is 1. The third kappa shape index (κ3) is 2.74. The summed E-state index contributed by atoms with van der Waals surface area (Å²) in [5.41, 5.74) is 0.977. The van der Waals surface area contributed by atoms with Gasteiger partial charge in [-0.1, -0.05) is 11.6 Å². The second-order valence-electron chi connectivity index (χ2n) is 5.10. The summed E-state index contributed by atoms with van der Waals surface area (Å²) in [5.74, 6) is 0.870. The predicted molar refractivity (Wildman–Crippen MR) is 82.7 cm³/mol. The lowest BCUT2D eigenvalue weighted by molar-refractivity contribution is 0.0593. The normalized spacial score (nSPS) is 13.8. The molecule has 0 atom stereocenters. The molecule has 1 fully saturated rings. The topological polar surface area (TPSA) is 68.2 Å². The zero-order valence-electron chi connectivity index (χ0n) is 12.3. The van der Waals surface area contributed by atoms with Crippen molar-refractivity contribution in [3.63, 3.8) is 0 Å². The maximum absolute atomic E-state index is 11.9. The molecule has 0 unspecified atom stereocenters. The van der Waals surface area contributed by atoms with Gasteiger partial charge >= 0.3 is 5.97 Å². The highest BCUT2D eigenvalue weighted by molar-refractivity contribution is 6.35. The smallest absolute Gasteiger partial charge is 0.358 e. The van der Waals surface area contributed by atoms with Crippen LogP contribution in [0.2, 0.25) is 5.02 Å². The van der Waals surface area contributed by atoms with Crippen LogP contribution in [0.15, 0.2) is 24.5 Å². The molecule has 0 aliphatic heterocycles. The summed E-state index contributed by atoms with van der Waals surface area (Å²) < 4.78 is 4.77. The van der Waals surface area contributed by atoms with Crippen LogP contribution in [-0.2, 0) is 4.74 Å². The van der Waals surface area contributed by atoms with E-state index in [0.717, 1.165) is 18.5 Å². The van der Waals surface area contributed by atoms with E-state index in [1.807, 2.05) is 24.1 Å². The van der Waals surface area contributed by atoms with Crippen molar-refractivity contribution in [1.29, 1.82) is 0 Å². The molecular formula is C15H15ClN4O2. The number of rotatable bonds is 4. The first-order valence-electron chi connectivity index (χ1n) is 6.91. The Labute approximate surface area is 133 Å². The van der Waals surface area contributed by atoms with E-state index in [9.17, 15) is 4.79 Å². The van der Waals surface area contributed by atoms with E-state index in [1.54, 1.807) is 12.4 Å². The van der Waals surface area contributed by atoms with E-state index >= 15 is 0 Å². The van der Waals surface area contributed by atoms with Crippen molar-refractivity contribution < 1.29 is 9.53 Å². The maximum Gasteiger partial charge on any atom is 0.358 e. The quantitative estimate of drug-likeness (QED) is 0.807. The minimum absolute atomic E-state index is 0.108. The summed E-state index contributed by atoms with van der Waals surface area (Å²) in [6.07, 6.45) is 5.43. The third-order valence-corrected chi connectivity index (χ3v) is 3.89. The number of hydrogen-bond acceptors (Lipinski definition) is 6. The zero-order valence-corrected chi connectivity index (χ0v) is 13.0. The average Bonchev–Trinajstić information content (AvgIpc) is 3.39. The Hall–Kier alpha value is -2.21. The number of esters is 1. The van der Waals surface area contributed by atoms with Gasteiger partial charge in [-0.15, -0.1) is 0 Å². The van der Waals surface area contributed by atoms with Gasteiger partial charge in [0.2, 0.25) is 0 Å². The molecule has 0 amide bonds. The van der Waals surface area contributed by atoms with Crippen LogP contribution in [0, 0.1) is 0 Å². The van der Waals surface area contributed by atoms with E-state index in [4.69, 9.17) is 16.3 Å². The van der Waals surface area contributed by atoms with E-state index in [-0.39, 0.29) is 10.7 Å². The zero-order chi connectivity index (χ0) is 15.7. The third-order valence-electron chi connectivity index (χ3n) is 3.54. The van der Waals surface area contributed by atoms with Crippen molar-refractivity contribution in [2.45, 2.75) is 18.8 Å². The molecule has 114 valence electrons. The monoisotopic (exact) mass is 318 g/mol. The van der Waals surface area contributed by atoms with Crippen LogP contribution in [0.5, 0.6) is 0 Å². The van der Waals surface area contributed by atoms with Gasteiger partial charge in [-0.3, -0.25) is 4.98 Å². The van der Waals surface area contributed by atoms with Gasteiger partial charge in [0.05, 0.1) is 7.11 Å². The summed E-state index contributed by atoms with van der Waals surface area (Å²) in [4.78, 5) is 26.5. The number of pyridine rings is 1. The fraction of sp³-hybridized carbons (Fsp3) is 0.333. The number of ether oxygens (including phenoxy) is 1. The molecule has 1 saturated carbocycles. The number of carbonyl (C=O) groups is 1. The molecule has 1 aliphatic rings. The Morgan fingerprint density at radius 3 is 2.59 bits per heavy atom. The van der Waals surface area contributed by atoms with E-state index < -0.39 is 5.97 Å². The summed E-state index contributed by atoms with van der Waals surface area (Å²) >= 11 is 6.34. The van der Waals surface area contributed by atoms with E-state index in [2.05, 4.69) is 15.0 Å². The molecular weight excluding hydrogens is 304 g/mol. The van der Waals surface area contributed by atoms with Gasteiger partial charge in [-0.2, -0.15) is 0 Å². The molecule has 7 heteroatoms. The molecule has 6 nitrogen and oxygen atoms in total. The van der Waals surface area contributed by atoms with Crippen LogP contribution in [-0.4, -0.2) is 35.1 Å². The molecule has 0 radical (unpaired) electrons. The molecule has 2 aromatic heterocycles. The van der Waals surface area contributed by atoms with Crippen LogP contribution in [0.25, 0.3) is 0 Å². The van der Waals surface area contributed by atoms with Crippen LogP contribution >= 0.6 is 11.6 Å². The van der Waals surface area contributed by atoms with Gasteiger partial charge in [-0.25, -0.2) is 14.8 Å². The second kappa shape index (κ2) is 5.88. The minimum Gasteiger partial charge on any atom is -0.464 e. The summed E-state index contributed by atoms with van der Waals surface area (Å²) in [7, 11) is 3.14. The van der Waals surface area contributed by atoms with Crippen LogP contribution in [0.1, 0.15) is 35.1 Å². The first-order chi connectivity index (χ1) is 10.6. The van der Waals surface area contributed by atoms with Crippen molar-refractivity contribution in [3.8, 4) is 0 Å². The fourth-order valence-corrected chi connectivity index (χ4v) is 2.41. The molecule has 0 saturated heterocycles. The number of aromatic nitrogens is 3. The van der Waals surface area contributed by atoms with Gasteiger partial charge in [0.15, 0.2) is 11.5 Å². The molecule has 22 heavy (non-hydrogen) atoms. The van der Waals surface area contributed by atoms with Gasteiger partial charge in [-0.05, 0) is 25.0 Å². The summed E-state index contributed by atoms with van der Waals surface area (Å²) in [6, 6.07) is 3.68. The van der Waals surface area contributed by atoms with Gasteiger partial charge in [0, 0.05) is 31.0 Å². The Kier molecular flexibility index (Phi) is 3.94. The number of nitrogens with zero attached hydrogens (tertiary/aromatic N) is 4. The number of halogens is 1. The average molecular weight is 319 g/mol. The maximum atomic E-state index is 11.9. The van der Waals surface area contributed by atoms with Crippen molar-refractivity contribution in [3.05, 3.63) is 41.1 Å². The van der Waals surface area contributed by atoms with Crippen molar-refractivity contribution >= 4 is 29.1 Å². The highest BCUT2D eigenvalue weighted by Gasteiger charge is 2.31. The predicted octanol–water partition coefficient (Wildman–Crippen LogP) is 2.96. The molecule has 0 bridgehead atoms. The first-order valence-corrected chi connectivity index (χ1v) is 7.29. The molecule has 2 heterocycles. The van der Waals surface area contributed by atoms with Crippen molar-refractivity contribution in [2.24, 2.45) is 0 Å². The highest BCUT2D eigenvalue weighted by Crippen LogP contribution is 2.41. The first kappa shape index (κ1) is 14.7. The Morgan fingerprint density at radius 2 is 2.00 bits per heavy atom. The SMILES string of the molecule is COC(=O)c1nc(C2CC2)nc(N(C)c2ccncc2)c1Cl. The summed E-state index contributed by atoms with van der Waals surface area (Å²) in [5, 5.41) is 0.190. The standard InChI is InChI=1S/C15H15ClN4O2/c1-20(10-5-7-17-8-6-10)14-11(16)12(15(21)22-2)18-13(19-14)9-3-4-9/h5-9H,3-4H2,1-2H3. The lowest BCUT2D eigenvalue weighted by Crippen LogP contribution is -2.17. The summed E-state index contributed by atoms with van der Waals surface area (Å²) in [6.45, 7) is 0. The van der Waals surface area contributed by atoms with Crippen LogP contribution < -0.4 is 4.90 Å².